The van der Waals surface area contributed by atoms with E-state index in [-0.39, 0.29) is 6.10 Å². The number of rotatable bonds is 4. The Hall–Kier alpha value is -0.860. The van der Waals surface area contributed by atoms with Crippen LogP contribution in [0, 0.1) is 6.92 Å². The molecular formula is C14H21NO. The number of hydrogen-bond acceptors (Lipinski definition) is 2. The van der Waals surface area contributed by atoms with Crippen LogP contribution in [0.3, 0.4) is 0 Å². The van der Waals surface area contributed by atoms with E-state index in [9.17, 15) is 5.11 Å². The van der Waals surface area contributed by atoms with Gasteiger partial charge in [-0.3, -0.25) is 0 Å². The summed E-state index contributed by atoms with van der Waals surface area (Å²) in [6.07, 6.45) is 2.17. The van der Waals surface area contributed by atoms with Crippen LogP contribution in [-0.2, 0) is 0 Å². The first-order valence-corrected chi connectivity index (χ1v) is 6.14. The van der Waals surface area contributed by atoms with Gasteiger partial charge in [0.05, 0.1) is 6.10 Å². The van der Waals surface area contributed by atoms with Gasteiger partial charge in [0, 0.05) is 12.6 Å². The standard InChI is InChI=1S/C14H21NO/c1-10-5-3-4-6-14(10)12-7-13(8-12)15-9-11(2)16/h3-6,11-13,15-16H,7-9H2,1-2H3/t11-,12?,13?/m1/s1. The summed E-state index contributed by atoms with van der Waals surface area (Å²) in [6.45, 7) is 4.72. The molecule has 0 aromatic heterocycles. The zero-order chi connectivity index (χ0) is 11.5. The Labute approximate surface area is 97.7 Å². The largest absolute Gasteiger partial charge is 0.392 e. The van der Waals surface area contributed by atoms with Crippen LogP contribution in [0.25, 0.3) is 0 Å². The lowest BCUT2D eigenvalue weighted by Gasteiger charge is -2.37. The number of benzene rings is 1. The molecule has 0 spiro atoms. The van der Waals surface area contributed by atoms with E-state index in [2.05, 4.69) is 36.5 Å². The summed E-state index contributed by atoms with van der Waals surface area (Å²) in [6, 6.07) is 9.25. The Kier molecular flexibility index (Phi) is 3.62. The molecule has 0 unspecified atom stereocenters. The normalized spacial score (nSPS) is 26.2. The molecule has 0 bridgehead atoms. The maximum Gasteiger partial charge on any atom is 0.0636 e. The van der Waals surface area contributed by atoms with Crippen molar-refractivity contribution in [2.75, 3.05) is 6.54 Å². The van der Waals surface area contributed by atoms with Crippen molar-refractivity contribution in [3.05, 3.63) is 35.4 Å². The molecule has 0 saturated heterocycles. The summed E-state index contributed by atoms with van der Waals surface area (Å²) in [5.74, 6) is 0.715. The number of aliphatic hydroxyl groups excluding tert-OH is 1. The van der Waals surface area contributed by atoms with Crippen LogP contribution in [-0.4, -0.2) is 23.8 Å². The second-order valence-electron chi connectivity index (χ2n) is 4.98. The first-order valence-electron chi connectivity index (χ1n) is 6.14. The van der Waals surface area contributed by atoms with Crippen LogP contribution >= 0.6 is 0 Å². The summed E-state index contributed by atoms with van der Waals surface area (Å²) >= 11 is 0. The molecule has 1 fully saturated rings. The second kappa shape index (κ2) is 4.98. The fourth-order valence-electron chi connectivity index (χ4n) is 2.42. The van der Waals surface area contributed by atoms with Crippen LogP contribution < -0.4 is 5.32 Å². The number of aryl methyl sites for hydroxylation is 1. The highest BCUT2D eigenvalue weighted by Gasteiger charge is 2.30. The third-order valence-electron chi connectivity index (χ3n) is 3.47. The molecule has 88 valence electrons. The average molecular weight is 219 g/mol. The predicted octanol–water partition coefficient (Wildman–Crippen LogP) is 2.21. The molecule has 1 aromatic carbocycles. The molecular weight excluding hydrogens is 198 g/mol. The van der Waals surface area contributed by atoms with Gasteiger partial charge < -0.3 is 10.4 Å². The van der Waals surface area contributed by atoms with Crippen molar-refractivity contribution >= 4 is 0 Å². The molecule has 2 rings (SSSR count). The lowest BCUT2D eigenvalue weighted by molar-refractivity contribution is 0.171. The Morgan fingerprint density at radius 2 is 2.06 bits per heavy atom. The van der Waals surface area contributed by atoms with Gasteiger partial charge in [0.1, 0.15) is 0 Å². The van der Waals surface area contributed by atoms with Crippen molar-refractivity contribution < 1.29 is 5.11 Å². The van der Waals surface area contributed by atoms with Crippen LogP contribution in [0.4, 0.5) is 0 Å². The Balaban J connectivity index is 1.82. The van der Waals surface area contributed by atoms with Gasteiger partial charge in [0.15, 0.2) is 0 Å². The third-order valence-corrected chi connectivity index (χ3v) is 3.47. The monoisotopic (exact) mass is 219 g/mol. The van der Waals surface area contributed by atoms with Gasteiger partial charge in [-0.05, 0) is 43.7 Å². The van der Waals surface area contributed by atoms with Crippen molar-refractivity contribution in [3.8, 4) is 0 Å². The number of hydrogen-bond donors (Lipinski definition) is 2. The van der Waals surface area contributed by atoms with Crippen molar-refractivity contribution in [1.82, 2.24) is 5.32 Å². The van der Waals surface area contributed by atoms with Gasteiger partial charge in [-0.15, -0.1) is 0 Å². The van der Waals surface area contributed by atoms with Crippen LogP contribution in [0.2, 0.25) is 0 Å². The van der Waals surface area contributed by atoms with Crippen molar-refractivity contribution in [2.24, 2.45) is 0 Å². The molecule has 1 atom stereocenters. The number of aliphatic hydroxyl groups is 1. The zero-order valence-corrected chi connectivity index (χ0v) is 10.1. The molecule has 0 aliphatic heterocycles. The predicted molar refractivity (Wildman–Crippen MR) is 66.6 cm³/mol. The molecule has 2 N–H and O–H groups in total. The van der Waals surface area contributed by atoms with Crippen molar-refractivity contribution in [3.63, 3.8) is 0 Å². The molecule has 0 radical (unpaired) electrons. The molecule has 0 amide bonds. The smallest absolute Gasteiger partial charge is 0.0636 e. The minimum absolute atomic E-state index is 0.238. The SMILES string of the molecule is Cc1ccccc1C1CC(NC[C@@H](C)O)C1. The first-order chi connectivity index (χ1) is 7.66. The van der Waals surface area contributed by atoms with Crippen LogP contribution in [0.1, 0.15) is 36.8 Å². The molecule has 1 aliphatic carbocycles. The molecule has 1 aliphatic rings. The van der Waals surface area contributed by atoms with Crippen LogP contribution in [0.5, 0.6) is 0 Å². The highest BCUT2D eigenvalue weighted by molar-refractivity contribution is 5.31. The second-order valence-corrected chi connectivity index (χ2v) is 4.98. The summed E-state index contributed by atoms with van der Waals surface area (Å²) in [5, 5.41) is 12.6. The maximum atomic E-state index is 9.19. The van der Waals surface area contributed by atoms with E-state index < -0.39 is 0 Å². The van der Waals surface area contributed by atoms with E-state index in [4.69, 9.17) is 0 Å². The van der Waals surface area contributed by atoms with E-state index >= 15 is 0 Å². The van der Waals surface area contributed by atoms with Gasteiger partial charge in [-0.25, -0.2) is 0 Å². The summed E-state index contributed by atoms with van der Waals surface area (Å²) in [5.41, 5.74) is 2.90. The lowest BCUT2D eigenvalue weighted by Crippen LogP contribution is -2.43. The van der Waals surface area contributed by atoms with Gasteiger partial charge in [0.2, 0.25) is 0 Å². The fraction of sp³-hybridized carbons (Fsp3) is 0.571. The quantitative estimate of drug-likeness (QED) is 0.813. The molecule has 16 heavy (non-hydrogen) atoms. The Morgan fingerprint density at radius 1 is 1.38 bits per heavy atom. The topological polar surface area (TPSA) is 32.3 Å². The molecule has 0 heterocycles. The Morgan fingerprint density at radius 3 is 2.69 bits per heavy atom. The lowest BCUT2D eigenvalue weighted by atomic mass is 9.74. The number of nitrogens with one attached hydrogen (secondary N) is 1. The highest BCUT2D eigenvalue weighted by Crippen LogP contribution is 2.38. The van der Waals surface area contributed by atoms with Crippen molar-refractivity contribution in [2.45, 2.75) is 44.8 Å². The molecule has 1 aromatic rings. The molecule has 2 nitrogen and oxygen atoms in total. The average Bonchev–Trinajstić information content (AvgIpc) is 2.17. The summed E-state index contributed by atoms with van der Waals surface area (Å²) in [7, 11) is 0. The molecule has 2 heteroatoms. The summed E-state index contributed by atoms with van der Waals surface area (Å²) < 4.78 is 0. The highest BCUT2D eigenvalue weighted by atomic mass is 16.3. The maximum absolute atomic E-state index is 9.19. The van der Waals surface area contributed by atoms with Crippen molar-refractivity contribution in [1.29, 1.82) is 0 Å². The third kappa shape index (κ3) is 2.63. The van der Waals surface area contributed by atoms with Gasteiger partial charge in [-0.1, -0.05) is 24.3 Å². The zero-order valence-electron chi connectivity index (χ0n) is 10.1. The van der Waals surface area contributed by atoms with E-state index in [1.54, 1.807) is 0 Å². The molecule has 1 saturated carbocycles. The van der Waals surface area contributed by atoms with E-state index in [0.29, 0.717) is 18.5 Å². The minimum atomic E-state index is -0.238. The summed E-state index contributed by atoms with van der Waals surface area (Å²) in [4.78, 5) is 0. The van der Waals surface area contributed by atoms with Gasteiger partial charge in [0.25, 0.3) is 0 Å². The Bertz CT molecular complexity index is 342. The van der Waals surface area contributed by atoms with Gasteiger partial charge >= 0.3 is 0 Å². The minimum Gasteiger partial charge on any atom is -0.392 e. The van der Waals surface area contributed by atoms with Crippen LogP contribution in [0.15, 0.2) is 24.3 Å². The first kappa shape index (κ1) is 11.6. The fourth-order valence-corrected chi connectivity index (χ4v) is 2.42. The van der Waals surface area contributed by atoms with E-state index in [0.717, 1.165) is 0 Å². The van der Waals surface area contributed by atoms with E-state index in [1.807, 2.05) is 6.92 Å². The van der Waals surface area contributed by atoms with Gasteiger partial charge in [-0.2, -0.15) is 0 Å². The van der Waals surface area contributed by atoms with E-state index in [1.165, 1.54) is 24.0 Å².